The Hall–Kier alpha value is -1.42. The van der Waals surface area contributed by atoms with E-state index in [-0.39, 0.29) is 5.91 Å². The smallest absolute Gasteiger partial charge is 0.252 e. The van der Waals surface area contributed by atoms with Gasteiger partial charge >= 0.3 is 0 Å². The lowest BCUT2D eigenvalue weighted by atomic mass is 10.2. The van der Waals surface area contributed by atoms with Gasteiger partial charge in [-0.15, -0.1) is 0 Å². The average molecular weight is 233 g/mol. The molecule has 17 heavy (non-hydrogen) atoms. The fourth-order valence-corrected chi connectivity index (χ4v) is 2.35. The predicted molar refractivity (Wildman–Crippen MR) is 66.8 cm³/mol. The Morgan fingerprint density at radius 2 is 2.53 bits per heavy atom. The van der Waals surface area contributed by atoms with Crippen LogP contribution in [0.1, 0.15) is 30.1 Å². The highest BCUT2D eigenvalue weighted by Crippen LogP contribution is 2.15. The Morgan fingerprint density at radius 3 is 3.24 bits per heavy atom. The Kier molecular flexibility index (Phi) is 4.09. The summed E-state index contributed by atoms with van der Waals surface area (Å²) in [6, 6.07) is 4.07. The van der Waals surface area contributed by atoms with Crippen molar-refractivity contribution in [3.05, 3.63) is 30.1 Å². The number of hydrogen-bond donors (Lipinski definition) is 1. The second-order valence-electron chi connectivity index (χ2n) is 4.38. The number of aromatic nitrogens is 1. The summed E-state index contributed by atoms with van der Waals surface area (Å²) >= 11 is 0. The van der Waals surface area contributed by atoms with Crippen molar-refractivity contribution in [1.82, 2.24) is 15.2 Å². The summed E-state index contributed by atoms with van der Waals surface area (Å²) in [7, 11) is 0. The fourth-order valence-electron chi connectivity index (χ4n) is 2.35. The summed E-state index contributed by atoms with van der Waals surface area (Å²) in [4.78, 5) is 18.2. The molecule has 1 aromatic rings. The summed E-state index contributed by atoms with van der Waals surface area (Å²) in [5.41, 5.74) is 0.633. The zero-order chi connectivity index (χ0) is 12.1. The molecule has 1 unspecified atom stereocenters. The van der Waals surface area contributed by atoms with Gasteiger partial charge in [0.25, 0.3) is 5.91 Å². The Bertz CT molecular complexity index is 366. The van der Waals surface area contributed by atoms with Gasteiger partial charge in [0.05, 0.1) is 5.56 Å². The molecule has 2 heterocycles. The topological polar surface area (TPSA) is 45.2 Å². The monoisotopic (exact) mass is 233 g/mol. The second kappa shape index (κ2) is 5.77. The molecule has 4 nitrogen and oxygen atoms in total. The highest BCUT2D eigenvalue weighted by atomic mass is 16.1. The third-order valence-electron chi connectivity index (χ3n) is 3.33. The van der Waals surface area contributed by atoms with Crippen molar-refractivity contribution in [2.45, 2.75) is 25.8 Å². The molecule has 1 atom stereocenters. The van der Waals surface area contributed by atoms with E-state index >= 15 is 0 Å². The van der Waals surface area contributed by atoms with Gasteiger partial charge < -0.3 is 5.32 Å². The van der Waals surface area contributed by atoms with Gasteiger partial charge in [-0.25, -0.2) is 0 Å². The van der Waals surface area contributed by atoms with Crippen molar-refractivity contribution >= 4 is 5.91 Å². The van der Waals surface area contributed by atoms with Crippen molar-refractivity contribution in [3.8, 4) is 0 Å². The van der Waals surface area contributed by atoms with Crippen molar-refractivity contribution in [1.29, 1.82) is 0 Å². The highest BCUT2D eigenvalue weighted by molar-refractivity contribution is 5.93. The van der Waals surface area contributed by atoms with Gasteiger partial charge in [-0.1, -0.05) is 6.92 Å². The number of carbonyl (C=O) groups excluding carboxylic acids is 1. The SMILES string of the molecule is CCN1CCCC1CNC(=O)c1cccnc1. The van der Waals surface area contributed by atoms with Gasteiger partial charge in [0.15, 0.2) is 0 Å². The molecule has 1 aliphatic heterocycles. The minimum Gasteiger partial charge on any atom is -0.350 e. The molecule has 0 radical (unpaired) electrons. The van der Waals surface area contributed by atoms with Crippen molar-refractivity contribution < 1.29 is 4.79 Å². The van der Waals surface area contributed by atoms with Gasteiger partial charge in [0, 0.05) is 25.0 Å². The second-order valence-corrected chi connectivity index (χ2v) is 4.38. The number of nitrogens with one attached hydrogen (secondary N) is 1. The van der Waals surface area contributed by atoms with Crippen LogP contribution in [-0.4, -0.2) is 41.5 Å². The normalized spacial score (nSPS) is 20.4. The molecule has 2 rings (SSSR count). The van der Waals surface area contributed by atoms with Crippen LogP contribution in [0.4, 0.5) is 0 Å². The molecule has 0 saturated carbocycles. The first-order valence-corrected chi connectivity index (χ1v) is 6.23. The summed E-state index contributed by atoms with van der Waals surface area (Å²) in [5.74, 6) is -0.0268. The number of carbonyl (C=O) groups is 1. The number of likely N-dealkylation sites (tertiary alicyclic amines) is 1. The van der Waals surface area contributed by atoms with Gasteiger partial charge in [0.2, 0.25) is 0 Å². The molecule has 0 aliphatic carbocycles. The summed E-state index contributed by atoms with van der Waals surface area (Å²) in [5, 5.41) is 2.98. The Labute approximate surface area is 102 Å². The molecule has 0 spiro atoms. The quantitative estimate of drug-likeness (QED) is 0.852. The maximum Gasteiger partial charge on any atom is 0.252 e. The number of nitrogens with zero attached hydrogens (tertiary/aromatic N) is 2. The number of amides is 1. The van der Waals surface area contributed by atoms with Crippen LogP contribution in [0.5, 0.6) is 0 Å². The van der Waals surface area contributed by atoms with E-state index in [0.717, 1.165) is 19.6 Å². The maximum atomic E-state index is 11.8. The number of likely N-dealkylation sites (N-methyl/N-ethyl adjacent to an activating group) is 1. The lowest BCUT2D eigenvalue weighted by molar-refractivity contribution is 0.0941. The van der Waals surface area contributed by atoms with Gasteiger partial charge in [-0.3, -0.25) is 14.7 Å². The fraction of sp³-hybridized carbons (Fsp3) is 0.538. The van der Waals surface area contributed by atoms with Gasteiger partial charge in [0.1, 0.15) is 0 Å². The first-order valence-electron chi connectivity index (χ1n) is 6.23. The largest absolute Gasteiger partial charge is 0.350 e. The standard InChI is InChI=1S/C13H19N3O/c1-2-16-8-4-6-12(16)10-15-13(17)11-5-3-7-14-9-11/h3,5,7,9,12H,2,4,6,8,10H2,1H3,(H,15,17). The van der Waals surface area contributed by atoms with Crippen LogP contribution in [0.25, 0.3) is 0 Å². The summed E-state index contributed by atoms with van der Waals surface area (Å²) in [6.45, 7) is 5.13. The summed E-state index contributed by atoms with van der Waals surface area (Å²) < 4.78 is 0. The minimum atomic E-state index is -0.0268. The third-order valence-corrected chi connectivity index (χ3v) is 3.33. The van der Waals surface area contributed by atoms with Crippen LogP contribution < -0.4 is 5.32 Å². The van der Waals surface area contributed by atoms with Crippen molar-refractivity contribution in [2.24, 2.45) is 0 Å². The molecule has 0 aromatic carbocycles. The predicted octanol–water partition coefficient (Wildman–Crippen LogP) is 1.30. The zero-order valence-corrected chi connectivity index (χ0v) is 10.2. The van der Waals surface area contributed by atoms with Gasteiger partial charge in [-0.05, 0) is 38.1 Å². The molecule has 1 aliphatic rings. The van der Waals surface area contributed by atoms with Crippen molar-refractivity contribution in [2.75, 3.05) is 19.6 Å². The first-order chi connectivity index (χ1) is 8.31. The molecule has 1 fully saturated rings. The molecule has 4 heteroatoms. The van der Waals surface area contributed by atoms with E-state index in [0.29, 0.717) is 11.6 Å². The number of hydrogen-bond acceptors (Lipinski definition) is 3. The number of pyridine rings is 1. The van der Waals surface area contributed by atoms with E-state index in [4.69, 9.17) is 0 Å². The maximum absolute atomic E-state index is 11.8. The zero-order valence-electron chi connectivity index (χ0n) is 10.2. The van der Waals surface area contributed by atoms with E-state index < -0.39 is 0 Å². The molecule has 92 valence electrons. The highest BCUT2D eigenvalue weighted by Gasteiger charge is 2.23. The lowest BCUT2D eigenvalue weighted by Crippen LogP contribution is -2.40. The summed E-state index contributed by atoms with van der Waals surface area (Å²) in [6.07, 6.45) is 5.69. The molecule has 1 aromatic heterocycles. The van der Waals surface area contributed by atoms with Crippen LogP contribution in [0.3, 0.4) is 0 Å². The van der Waals surface area contributed by atoms with E-state index in [1.54, 1.807) is 24.5 Å². The molecular formula is C13H19N3O. The van der Waals surface area contributed by atoms with Gasteiger partial charge in [-0.2, -0.15) is 0 Å². The average Bonchev–Trinajstić information content (AvgIpc) is 2.84. The van der Waals surface area contributed by atoms with E-state index in [9.17, 15) is 4.79 Å². The van der Waals surface area contributed by atoms with E-state index in [1.807, 2.05) is 0 Å². The van der Waals surface area contributed by atoms with Crippen LogP contribution in [0.15, 0.2) is 24.5 Å². The minimum absolute atomic E-state index is 0.0268. The van der Waals surface area contributed by atoms with Crippen LogP contribution in [-0.2, 0) is 0 Å². The first kappa shape index (κ1) is 12.0. The van der Waals surface area contributed by atoms with Crippen molar-refractivity contribution in [3.63, 3.8) is 0 Å². The third kappa shape index (κ3) is 3.03. The van der Waals surface area contributed by atoms with Crippen LogP contribution in [0.2, 0.25) is 0 Å². The van der Waals surface area contributed by atoms with Crippen LogP contribution in [0, 0.1) is 0 Å². The van der Waals surface area contributed by atoms with E-state index in [1.165, 1.54) is 12.8 Å². The molecule has 1 saturated heterocycles. The Balaban J connectivity index is 1.84. The van der Waals surface area contributed by atoms with Crippen LogP contribution >= 0.6 is 0 Å². The lowest BCUT2D eigenvalue weighted by Gasteiger charge is -2.22. The molecule has 1 N–H and O–H groups in total. The molecular weight excluding hydrogens is 214 g/mol. The molecule has 0 bridgehead atoms. The Morgan fingerprint density at radius 1 is 1.65 bits per heavy atom. The van der Waals surface area contributed by atoms with E-state index in [2.05, 4.69) is 22.1 Å². The number of rotatable bonds is 4. The molecule has 1 amide bonds.